The Hall–Kier alpha value is -2.14. The fraction of sp³-hybridized carbons (Fsp3) is 0.600. The van der Waals surface area contributed by atoms with E-state index in [2.05, 4.69) is 59.5 Å². The average molecular weight is 409 g/mol. The molecule has 0 unspecified atom stereocenters. The Morgan fingerprint density at radius 2 is 1.93 bits per heavy atom. The van der Waals surface area contributed by atoms with Crippen molar-refractivity contribution in [3.63, 3.8) is 0 Å². The molecule has 0 saturated heterocycles. The van der Waals surface area contributed by atoms with Crippen molar-refractivity contribution in [2.24, 2.45) is 5.92 Å². The second-order valence-corrected chi connectivity index (χ2v) is 9.19. The van der Waals surface area contributed by atoms with Crippen LogP contribution in [0.1, 0.15) is 69.8 Å². The molecule has 0 radical (unpaired) electrons. The third-order valence-electron chi connectivity index (χ3n) is 6.69. The molecule has 1 fully saturated rings. The van der Waals surface area contributed by atoms with Crippen molar-refractivity contribution < 1.29 is 4.79 Å². The van der Waals surface area contributed by atoms with Crippen molar-refractivity contribution >= 4 is 5.91 Å². The van der Waals surface area contributed by atoms with E-state index in [0.29, 0.717) is 12.5 Å². The minimum Gasteiger partial charge on any atom is -0.334 e. The van der Waals surface area contributed by atoms with Gasteiger partial charge in [-0.15, -0.1) is 0 Å². The van der Waals surface area contributed by atoms with Crippen LogP contribution in [-0.4, -0.2) is 44.6 Å². The van der Waals surface area contributed by atoms with Crippen LogP contribution in [0.15, 0.2) is 30.3 Å². The van der Waals surface area contributed by atoms with E-state index in [4.69, 9.17) is 5.10 Å². The summed E-state index contributed by atoms with van der Waals surface area (Å²) >= 11 is 0. The highest BCUT2D eigenvalue weighted by Crippen LogP contribution is 2.30. The average Bonchev–Trinajstić information content (AvgIpc) is 3.41. The molecule has 1 aliphatic heterocycles. The number of hydrogen-bond acceptors (Lipinski definition) is 3. The fourth-order valence-electron chi connectivity index (χ4n) is 5.04. The molecule has 4 rings (SSSR count). The summed E-state index contributed by atoms with van der Waals surface area (Å²) in [4.78, 5) is 17.9. The summed E-state index contributed by atoms with van der Waals surface area (Å²) in [7, 11) is 0. The molecule has 2 aromatic rings. The van der Waals surface area contributed by atoms with Crippen molar-refractivity contribution in [2.75, 3.05) is 13.1 Å². The number of hydrogen-bond donors (Lipinski definition) is 0. The first-order chi connectivity index (χ1) is 14.6. The highest BCUT2D eigenvalue weighted by molar-refractivity contribution is 5.79. The van der Waals surface area contributed by atoms with Gasteiger partial charge in [0, 0.05) is 37.0 Å². The van der Waals surface area contributed by atoms with Crippen molar-refractivity contribution in [2.45, 2.75) is 78.4 Å². The van der Waals surface area contributed by atoms with E-state index >= 15 is 0 Å². The lowest BCUT2D eigenvalue weighted by Gasteiger charge is -2.30. The minimum atomic E-state index is 0.186. The first-order valence-corrected chi connectivity index (χ1v) is 11.8. The summed E-state index contributed by atoms with van der Waals surface area (Å²) in [5.74, 6) is 0.530. The Labute approximate surface area is 181 Å². The summed E-state index contributed by atoms with van der Waals surface area (Å²) in [5.41, 5.74) is 4.85. The number of aromatic nitrogens is 2. The first-order valence-electron chi connectivity index (χ1n) is 11.8. The quantitative estimate of drug-likeness (QED) is 0.674. The first kappa shape index (κ1) is 21.1. The number of benzene rings is 1. The molecular formula is C25H36N4O. The van der Waals surface area contributed by atoms with Crippen molar-refractivity contribution in [1.29, 1.82) is 0 Å². The van der Waals surface area contributed by atoms with Crippen LogP contribution in [0.4, 0.5) is 0 Å². The van der Waals surface area contributed by atoms with Crippen LogP contribution in [-0.2, 0) is 24.3 Å². The van der Waals surface area contributed by atoms with E-state index < -0.39 is 0 Å². The van der Waals surface area contributed by atoms with E-state index in [9.17, 15) is 4.79 Å². The van der Waals surface area contributed by atoms with E-state index in [1.807, 2.05) is 6.07 Å². The van der Waals surface area contributed by atoms with Gasteiger partial charge in [-0.1, -0.05) is 38.0 Å². The van der Waals surface area contributed by atoms with Gasteiger partial charge in [-0.2, -0.15) is 5.10 Å². The number of carbonyl (C=O) groups excluding carboxylic acids is 1. The Balaban J connectivity index is 1.67. The van der Waals surface area contributed by atoms with Crippen LogP contribution in [0.25, 0.3) is 5.69 Å². The van der Waals surface area contributed by atoms with Crippen molar-refractivity contribution in [3.05, 3.63) is 47.3 Å². The molecule has 0 bridgehead atoms. The SMILES string of the molecule is CCCN1CCc2c(c(CN(C(=O)C3CCCC3)C(C)C)nn2-c2ccccc2)C1. The van der Waals surface area contributed by atoms with E-state index in [0.717, 1.165) is 56.7 Å². The molecule has 0 spiro atoms. The molecule has 0 N–H and O–H groups in total. The standard InChI is InChI=1S/C25H36N4O/c1-4-15-27-16-14-24-22(17-27)23(26-29(24)21-12-6-5-7-13-21)18-28(19(2)3)25(30)20-10-8-9-11-20/h5-7,12-13,19-20H,4,8-11,14-18H2,1-3H3. The minimum absolute atomic E-state index is 0.186. The molecule has 5 heteroatoms. The third-order valence-corrected chi connectivity index (χ3v) is 6.69. The molecular weight excluding hydrogens is 372 g/mol. The smallest absolute Gasteiger partial charge is 0.226 e. The maximum absolute atomic E-state index is 13.3. The molecule has 1 aromatic carbocycles. The van der Waals surface area contributed by atoms with E-state index in [-0.39, 0.29) is 12.0 Å². The van der Waals surface area contributed by atoms with Crippen LogP contribution < -0.4 is 0 Å². The van der Waals surface area contributed by atoms with Gasteiger partial charge < -0.3 is 4.90 Å². The van der Waals surface area contributed by atoms with Crippen molar-refractivity contribution in [3.8, 4) is 5.69 Å². The zero-order valence-electron chi connectivity index (χ0n) is 18.8. The van der Waals surface area contributed by atoms with Crippen LogP contribution >= 0.6 is 0 Å². The van der Waals surface area contributed by atoms with Gasteiger partial charge in [-0.05, 0) is 51.8 Å². The molecule has 2 heterocycles. The van der Waals surface area contributed by atoms with Crippen molar-refractivity contribution in [1.82, 2.24) is 19.6 Å². The number of para-hydroxylation sites is 1. The highest BCUT2D eigenvalue weighted by Gasteiger charge is 2.31. The topological polar surface area (TPSA) is 41.4 Å². The van der Waals surface area contributed by atoms with Gasteiger partial charge in [-0.3, -0.25) is 9.69 Å². The third kappa shape index (κ3) is 4.31. The molecule has 1 saturated carbocycles. The number of rotatable bonds is 7. The summed E-state index contributed by atoms with van der Waals surface area (Å²) < 4.78 is 2.13. The second-order valence-electron chi connectivity index (χ2n) is 9.19. The van der Waals surface area contributed by atoms with Crippen LogP contribution in [0.2, 0.25) is 0 Å². The van der Waals surface area contributed by atoms with Crippen LogP contribution in [0.5, 0.6) is 0 Å². The maximum atomic E-state index is 13.3. The Kier molecular flexibility index (Phi) is 6.57. The number of fused-ring (bicyclic) bond motifs is 1. The maximum Gasteiger partial charge on any atom is 0.226 e. The molecule has 1 aromatic heterocycles. The number of amides is 1. The second kappa shape index (κ2) is 9.34. The van der Waals surface area contributed by atoms with Crippen LogP contribution in [0, 0.1) is 5.92 Å². The van der Waals surface area contributed by atoms with Crippen LogP contribution in [0.3, 0.4) is 0 Å². The van der Waals surface area contributed by atoms with Gasteiger partial charge in [0.1, 0.15) is 0 Å². The molecule has 5 nitrogen and oxygen atoms in total. The van der Waals surface area contributed by atoms with Gasteiger partial charge in [0.05, 0.1) is 23.6 Å². The Morgan fingerprint density at radius 1 is 1.20 bits per heavy atom. The molecule has 1 amide bonds. The summed E-state index contributed by atoms with van der Waals surface area (Å²) in [6.07, 6.45) is 6.63. The van der Waals surface area contributed by atoms with Gasteiger partial charge in [0.15, 0.2) is 0 Å². The summed E-state index contributed by atoms with van der Waals surface area (Å²) in [6.45, 7) is 10.3. The van der Waals surface area contributed by atoms with Gasteiger partial charge in [0.25, 0.3) is 0 Å². The molecule has 0 atom stereocenters. The predicted molar refractivity (Wildman–Crippen MR) is 120 cm³/mol. The van der Waals surface area contributed by atoms with Gasteiger partial charge >= 0.3 is 0 Å². The summed E-state index contributed by atoms with van der Waals surface area (Å²) in [5, 5.41) is 5.08. The Morgan fingerprint density at radius 3 is 2.60 bits per heavy atom. The fourth-order valence-corrected chi connectivity index (χ4v) is 5.04. The lowest BCUT2D eigenvalue weighted by molar-refractivity contribution is -0.137. The Bertz CT molecular complexity index is 852. The molecule has 1 aliphatic carbocycles. The zero-order chi connectivity index (χ0) is 21.1. The normalized spacial score (nSPS) is 17.5. The van der Waals surface area contributed by atoms with E-state index in [1.165, 1.54) is 24.1 Å². The number of carbonyl (C=O) groups is 1. The monoisotopic (exact) mass is 408 g/mol. The molecule has 162 valence electrons. The lowest BCUT2D eigenvalue weighted by atomic mass is 10.0. The largest absolute Gasteiger partial charge is 0.334 e. The number of nitrogens with zero attached hydrogens (tertiary/aromatic N) is 4. The zero-order valence-corrected chi connectivity index (χ0v) is 18.8. The highest BCUT2D eigenvalue weighted by atomic mass is 16.2. The summed E-state index contributed by atoms with van der Waals surface area (Å²) in [6, 6.07) is 10.6. The lowest BCUT2D eigenvalue weighted by Crippen LogP contribution is -2.40. The molecule has 2 aliphatic rings. The molecule has 30 heavy (non-hydrogen) atoms. The van der Waals surface area contributed by atoms with Gasteiger partial charge in [0.2, 0.25) is 5.91 Å². The predicted octanol–water partition coefficient (Wildman–Crippen LogP) is 4.57. The van der Waals surface area contributed by atoms with E-state index in [1.54, 1.807) is 0 Å². The van der Waals surface area contributed by atoms with Gasteiger partial charge in [-0.25, -0.2) is 4.68 Å².